The molecule has 0 aliphatic heterocycles. The van der Waals surface area contributed by atoms with Crippen molar-refractivity contribution in [2.24, 2.45) is 0 Å². The Morgan fingerprint density at radius 2 is 2.09 bits per heavy atom. The van der Waals surface area contributed by atoms with Gasteiger partial charge in [-0.1, -0.05) is 11.3 Å². The molecule has 6 nitrogen and oxygen atoms in total. The van der Waals surface area contributed by atoms with Crippen LogP contribution in [0.1, 0.15) is 12.1 Å². The monoisotopic (exact) mass is 357 g/mol. The van der Waals surface area contributed by atoms with Gasteiger partial charge in [0.15, 0.2) is 0 Å². The topological polar surface area (TPSA) is 80.2 Å². The van der Waals surface area contributed by atoms with E-state index in [1.54, 1.807) is 14.0 Å². The first-order valence-corrected chi connectivity index (χ1v) is 9.57. The Morgan fingerprint density at radius 1 is 1.39 bits per heavy atom. The fourth-order valence-corrected chi connectivity index (χ4v) is 3.48. The highest BCUT2D eigenvalue weighted by atomic mass is 32.2. The highest BCUT2D eigenvalue weighted by molar-refractivity contribution is 7.90. The van der Waals surface area contributed by atoms with Crippen LogP contribution in [0.5, 0.6) is 0 Å². The van der Waals surface area contributed by atoms with Crippen molar-refractivity contribution < 1.29 is 17.6 Å². The smallest absolute Gasteiger partial charge is 0.228 e. The number of carbonyl (C=O) groups excluding carboxylic acids is 1. The number of aryl methyl sites for hydroxylation is 1. The minimum atomic E-state index is -3.20. The third kappa shape index (κ3) is 4.55. The van der Waals surface area contributed by atoms with Gasteiger partial charge in [0.2, 0.25) is 5.91 Å². The van der Waals surface area contributed by atoms with Crippen LogP contribution in [-0.4, -0.2) is 43.3 Å². The lowest BCUT2D eigenvalue weighted by molar-refractivity contribution is -0.117. The van der Waals surface area contributed by atoms with Crippen molar-refractivity contribution in [3.63, 3.8) is 0 Å². The summed E-state index contributed by atoms with van der Waals surface area (Å²) in [7, 11) is -1.63. The number of carbonyl (C=O) groups is 1. The second-order valence-corrected chi connectivity index (χ2v) is 8.37. The normalized spacial score (nSPS) is 11.5. The molecule has 0 fully saturated rings. The molecule has 2 rings (SSSR count). The molecule has 2 heterocycles. The number of sulfone groups is 1. The van der Waals surface area contributed by atoms with Gasteiger partial charge in [0.25, 0.3) is 0 Å². The molecule has 23 heavy (non-hydrogen) atoms. The van der Waals surface area contributed by atoms with E-state index < -0.39 is 15.7 Å². The number of aromatic nitrogens is 2. The minimum absolute atomic E-state index is 0.0937. The van der Waals surface area contributed by atoms with Gasteiger partial charge < -0.3 is 4.90 Å². The molecule has 1 amide bonds. The van der Waals surface area contributed by atoms with Gasteiger partial charge in [-0.3, -0.25) is 9.78 Å². The van der Waals surface area contributed by atoms with E-state index >= 15 is 0 Å². The molecule has 0 bridgehead atoms. The zero-order chi connectivity index (χ0) is 17.2. The molecular weight excluding hydrogens is 341 g/mol. The van der Waals surface area contributed by atoms with Gasteiger partial charge in [-0.15, -0.1) is 0 Å². The van der Waals surface area contributed by atoms with Crippen molar-refractivity contribution in [2.75, 3.05) is 24.0 Å². The summed E-state index contributed by atoms with van der Waals surface area (Å²) < 4.78 is 35.6. The molecule has 0 atom stereocenters. The number of rotatable bonds is 5. The number of hydrogen-bond acceptors (Lipinski definition) is 6. The first-order valence-electron chi connectivity index (χ1n) is 6.70. The summed E-state index contributed by atoms with van der Waals surface area (Å²) >= 11 is 1.23. The van der Waals surface area contributed by atoms with Crippen LogP contribution in [0.25, 0.3) is 10.6 Å². The standard InChI is InChI=1S/C14H16FN3O3S2/c1-9-14(18(2)12(19)4-5-23(3,20)21)22-13(17-9)10-6-11(15)8-16-7-10/h6-8H,4-5H2,1-3H3. The quantitative estimate of drug-likeness (QED) is 0.818. The van der Waals surface area contributed by atoms with Crippen molar-refractivity contribution in [1.82, 2.24) is 9.97 Å². The largest absolute Gasteiger partial charge is 0.305 e. The van der Waals surface area contributed by atoms with Crippen molar-refractivity contribution in [1.29, 1.82) is 0 Å². The molecule has 0 aromatic carbocycles. The lowest BCUT2D eigenvalue weighted by Gasteiger charge is -2.15. The summed E-state index contributed by atoms with van der Waals surface area (Å²) in [6.45, 7) is 1.74. The molecule has 0 N–H and O–H groups in total. The van der Waals surface area contributed by atoms with Crippen LogP contribution < -0.4 is 4.90 Å². The Hall–Kier alpha value is -1.87. The Bertz CT molecular complexity index is 834. The third-order valence-corrected chi connectivity index (χ3v) is 5.32. The summed E-state index contributed by atoms with van der Waals surface area (Å²) in [6, 6.07) is 1.32. The fourth-order valence-electron chi connectivity index (χ4n) is 1.91. The maximum absolute atomic E-state index is 13.3. The predicted molar refractivity (Wildman–Crippen MR) is 87.8 cm³/mol. The van der Waals surface area contributed by atoms with Crippen LogP contribution in [0.15, 0.2) is 18.5 Å². The van der Waals surface area contributed by atoms with Crippen LogP contribution in [-0.2, 0) is 14.6 Å². The van der Waals surface area contributed by atoms with Crippen LogP contribution in [0, 0.1) is 12.7 Å². The molecule has 2 aromatic heterocycles. The summed E-state index contributed by atoms with van der Waals surface area (Å²) in [6.07, 6.45) is 3.60. The number of anilines is 1. The van der Waals surface area contributed by atoms with Gasteiger partial charge in [0.05, 0.1) is 17.6 Å². The maximum Gasteiger partial charge on any atom is 0.228 e. The zero-order valence-electron chi connectivity index (χ0n) is 12.9. The average Bonchev–Trinajstić information content (AvgIpc) is 2.85. The number of halogens is 1. The second kappa shape index (κ2) is 6.71. The molecule has 124 valence electrons. The molecule has 0 radical (unpaired) electrons. The minimum Gasteiger partial charge on any atom is -0.305 e. The van der Waals surface area contributed by atoms with Crippen LogP contribution in [0.2, 0.25) is 0 Å². The maximum atomic E-state index is 13.3. The molecule has 0 aliphatic rings. The summed E-state index contributed by atoms with van der Waals surface area (Å²) in [5, 5.41) is 1.15. The van der Waals surface area contributed by atoms with Gasteiger partial charge in [-0.25, -0.2) is 17.8 Å². The Morgan fingerprint density at radius 3 is 2.70 bits per heavy atom. The average molecular weight is 357 g/mol. The van der Waals surface area contributed by atoms with E-state index in [0.29, 0.717) is 21.3 Å². The van der Waals surface area contributed by atoms with Gasteiger partial charge in [0.1, 0.15) is 25.7 Å². The molecule has 9 heteroatoms. The van der Waals surface area contributed by atoms with E-state index in [4.69, 9.17) is 0 Å². The molecule has 2 aromatic rings. The highest BCUT2D eigenvalue weighted by Crippen LogP contribution is 2.34. The van der Waals surface area contributed by atoms with Crippen LogP contribution >= 0.6 is 11.3 Å². The van der Waals surface area contributed by atoms with E-state index in [1.165, 1.54) is 28.5 Å². The first-order chi connectivity index (χ1) is 10.7. The molecule has 0 saturated heterocycles. The SMILES string of the molecule is Cc1nc(-c2cncc(F)c2)sc1N(C)C(=O)CCS(C)(=O)=O. The van der Waals surface area contributed by atoms with Gasteiger partial charge in [-0.05, 0) is 13.0 Å². The van der Waals surface area contributed by atoms with Gasteiger partial charge in [0, 0.05) is 31.5 Å². The molecule has 0 aliphatic carbocycles. The van der Waals surface area contributed by atoms with E-state index in [0.717, 1.165) is 12.5 Å². The molecule has 0 spiro atoms. The predicted octanol–water partition coefficient (Wildman–Crippen LogP) is 2.05. The number of amides is 1. The summed E-state index contributed by atoms with van der Waals surface area (Å²) in [5.41, 5.74) is 1.14. The van der Waals surface area contributed by atoms with Crippen LogP contribution in [0.4, 0.5) is 9.39 Å². The number of pyridine rings is 1. The number of thiazole rings is 1. The zero-order valence-corrected chi connectivity index (χ0v) is 14.5. The lowest BCUT2D eigenvalue weighted by Crippen LogP contribution is -2.27. The summed E-state index contributed by atoms with van der Waals surface area (Å²) in [4.78, 5) is 21.6. The highest BCUT2D eigenvalue weighted by Gasteiger charge is 2.19. The van der Waals surface area contributed by atoms with E-state index in [9.17, 15) is 17.6 Å². The Balaban J connectivity index is 2.22. The molecule has 0 unspecified atom stereocenters. The second-order valence-electron chi connectivity index (χ2n) is 5.13. The molecular formula is C14H16FN3O3S2. The van der Waals surface area contributed by atoms with Crippen LogP contribution in [0.3, 0.4) is 0 Å². The Labute approximate surface area is 137 Å². The summed E-state index contributed by atoms with van der Waals surface area (Å²) in [5.74, 6) is -0.977. The van der Waals surface area contributed by atoms with Crippen molar-refractivity contribution >= 4 is 32.1 Å². The first kappa shape index (κ1) is 17.5. The van der Waals surface area contributed by atoms with E-state index in [1.807, 2.05) is 0 Å². The van der Waals surface area contributed by atoms with Crippen molar-refractivity contribution in [2.45, 2.75) is 13.3 Å². The number of hydrogen-bond donors (Lipinski definition) is 0. The van der Waals surface area contributed by atoms with E-state index in [2.05, 4.69) is 9.97 Å². The fraction of sp³-hybridized carbons (Fsp3) is 0.357. The van der Waals surface area contributed by atoms with Crippen molar-refractivity contribution in [3.05, 3.63) is 30.0 Å². The Kier molecular flexibility index (Phi) is 5.10. The third-order valence-electron chi connectivity index (χ3n) is 3.09. The van der Waals surface area contributed by atoms with E-state index in [-0.39, 0.29) is 18.1 Å². The number of nitrogens with zero attached hydrogens (tertiary/aromatic N) is 3. The van der Waals surface area contributed by atoms with Gasteiger partial charge >= 0.3 is 0 Å². The lowest BCUT2D eigenvalue weighted by atomic mass is 10.3. The van der Waals surface area contributed by atoms with Crippen molar-refractivity contribution in [3.8, 4) is 10.6 Å². The molecule has 0 saturated carbocycles. The van der Waals surface area contributed by atoms with Gasteiger partial charge in [-0.2, -0.15) is 0 Å².